The van der Waals surface area contributed by atoms with E-state index in [2.05, 4.69) is 25.4 Å². The van der Waals surface area contributed by atoms with Gasteiger partial charge in [0, 0.05) is 25.8 Å². The molecule has 1 amide bonds. The maximum atomic E-state index is 12.8. The van der Waals surface area contributed by atoms with Gasteiger partial charge in [0.1, 0.15) is 11.9 Å². The molecule has 4 rings (SSSR count). The minimum atomic E-state index is -0.473. The first-order chi connectivity index (χ1) is 14.1. The Balaban J connectivity index is 1.40. The Morgan fingerprint density at radius 3 is 2.83 bits per heavy atom. The van der Waals surface area contributed by atoms with E-state index in [4.69, 9.17) is 12.2 Å². The topological polar surface area (TPSA) is 78.8 Å². The molecule has 0 bridgehead atoms. The second-order valence-electron chi connectivity index (χ2n) is 7.17. The number of aromatic amines is 1. The summed E-state index contributed by atoms with van der Waals surface area (Å²) in [5.41, 5.74) is 0.973. The van der Waals surface area contributed by atoms with Crippen molar-refractivity contribution in [3.8, 4) is 10.7 Å². The van der Waals surface area contributed by atoms with E-state index in [0.29, 0.717) is 17.1 Å². The number of hydrogen-bond acceptors (Lipinski definition) is 6. The molecular formula is C20H24N6OS2. The zero-order chi connectivity index (χ0) is 20.2. The van der Waals surface area contributed by atoms with Gasteiger partial charge in [0.25, 0.3) is 0 Å². The number of pyridine rings is 1. The van der Waals surface area contributed by atoms with Gasteiger partial charge in [-0.2, -0.15) is 5.10 Å². The Morgan fingerprint density at radius 1 is 1.31 bits per heavy atom. The van der Waals surface area contributed by atoms with Crippen LogP contribution in [-0.2, 0) is 11.3 Å². The largest absolute Gasteiger partial charge is 0.357 e. The molecule has 0 aliphatic carbocycles. The molecule has 3 aromatic heterocycles. The first-order valence-electron chi connectivity index (χ1n) is 9.82. The standard InChI is InChI=1S/C20H24N6OS2/c1-14(26-18(23-24-20(26)28)16-6-5-11-29-16)19(27)22-13-15-7-8-17(21-12-15)25-9-3-2-4-10-25/h5-8,11-12,14H,2-4,9-10,13H2,1H3,(H,22,27)(H,24,28). The van der Waals surface area contributed by atoms with Gasteiger partial charge in [-0.25, -0.2) is 4.98 Å². The summed E-state index contributed by atoms with van der Waals surface area (Å²) in [5.74, 6) is 1.58. The number of carbonyl (C=O) groups is 1. The average Bonchev–Trinajstić information content (AvgIpc) is 3.42. The number of rotatable bonds is 6. The van der Waals surface area contributed by atoms with Crippen LogP contribution in [0, 0.1) is 4.77 Å². The molecule has 1 unspecified atom stereocenters. The predicted octanol–water partition coefficient (Wildman–Crippen LogP) is 3.93. The van der Waals surface area contributed by atoms with E-state index in [1.807, 2.05) is 42.8 Å². The van der Waals surface area contributed by atoms with Crippen molar-refractivity contribution in [3.63, 3.8) is 0 Å². The van der Waals surface area contributed by atoms with E-state index in [1.165, 1.54) is 19.3 Å². The molecule has 0 saturated carbocycles. The minimum Gasteiger partial charge on any atom is -0.357 e. The molecule has 1 aliphatic heterocycles. The van der Waals surface area contributed by atoms with Crippen molar-refractivity contribution in [1.82, 2.24) is 25.1 Å². The number of thiophene rings is 1. The lowest BCUT2D eigenvalue weighted by Crippen LogP contribution is -2.31. The van der Waals surface area contributed by atoms with Crippen LogP contribution in [0.5, 0.6) is 0 Å². The SMILES string of the molecule is CC(C(=O)NCc1ccc(N2CCCCC2)nc1)n1c(-c2cccs2)n[nH]c1=S. The van der Waals surface area contributed by atoms with Crippen LogP contribution in [0.25, 0.3) is 10.7 Å². The normalized spacial score (nSPS) is 15.3. The Morgan fingerprint density at radius 2 is 2.14 bits per heavy atom. The number of nitrogens with one attached hydrogen (secondary N) is 2. The summed E-state index contributed by atoms with van der Waals surface area (Å²) in [6, 6.07) is 7.51. The van der Waals surface area contributed by atoms with Crippen molar-refractivity contribution in [1.29, 1.82) is 0 Å². The van der Waals surface area contributed by atoms with E-state index in [1.54, 1.807) is 15.9 Å². The first-order valence-corrected chi connectivity index (χ1v) is 11.1. The second kappa shape index (κ2) is 8.87. The Kier molecular flexibility index (Phi) is 6.05. The van der Waals surface area contributed by atoms with Crippen LogP contribution >= 0.6 is 23.6 Å². The smallest absolute Gasteiger partial charge is 0.243 e. The summed E-state index contributed by atoms with van der Waals surface area (Å²) in [5, 5.41) is 12.1. The van der Waals surface area contributed by atoms with Crippen molar-refractivity contribution in [2.24, 2.45) is 0 Å². The van der Waals surface area contributed by atoms with Crippen LogP contribution < -0.4 is 10.2 Å². The molecule has 152 valence electrons. The fourth-order valence-corrected chi connectivity index (χ4v) is 4.53. The average molecular weight is 429 g/mol. The van der Waals surface area contributed by atoms with Gasteiger partial charge in [0.15, 0.2) is 10.6 Å². The van der Waals surface area contributed by atoms with E-state index in [-0.39, 0.29) is 5.91 Å². The molecular weight excluding hydrogens is 404 g/mol. The van der Waals surface area contributed by atoms with Gasteiger partial charge in [-0.15, -0.1) is 11.3 Å². The van der Waals surface area contributed by atoms with Gasteiger partial charge >= 0.3 is 0 Å². The fourth-order valence-electron chi connectivity index (χ4n) is 3.53. The number of aromatic nitrogens is 4. The van der Waals surface area contributed by atoms with E-state index >= 15 is 0 Å². The third kappa shape index (κ3) is 4.40. The number of nitrogens with zero attached hydrogens (tertiary/aromatic N) is 4. The van der Waals surface area contributed by atoms with Gasteiger partial charge in [0.2, 0.25) is 5.91 Å². The zero-order valence-electron chi connectivity index (χ0n) is 16.3. The highest BCUT2D eigenvalue weighted by Gasteiger charge is 2.21. The third-order valence-electron chi connectivity index (χ3n) is 5.17. The summed E-state index contributed by atoms with van der Waals surface area (Å²) in [7, 11) is 0. The second-order valence-corrected chi connectivity index (χ2v) is 8.50. The fraction of sp³-hybridized carbons (Fsp3) is 0.400. The van der Waals surface area contributed by atoms with E-state index in [9.17, 15) is 4.79 Å². The molecule has 1 aliphatic rings. The number of amides is 1. The van der Waals surface area contributed by atoms with Gasteiger partial charge in [-0.05, 0) is 61.5 Å². The number of carbonyl (C=O) groups excluding carboxylic acids is 1. The first kappa shape index (κ1) is 19.8. The molecule has 7 nitrogen and oxygen atoms in total. The van der Waals surface area contributed by atoms with Crippen LogP contribution in [0.1, 0.15) is 37.8 Å². The Hall–Kier alpha value is -2.52. The number of anilines is 1. The zero-order valence-corrected chi connectivity index (χ0v) is 17.9. The summed E-state index contributed by atoms with van der Waals surface area (Å²) in [6.07, 6.45) is 5.59. The lowest BCUT2D eigenvalue weighted by Gasteiger charge is -2.27. The van der Waals surface area contributed by atoms with Crippen LogP contribution in [0.15, 0.2) is 35.8 Å². The van der Waals surface area contributed by atoms with Gasteiger partial charge in [-0.1, -0.05) is 12.1 Å². The maximum Gasteiger partial charge on any atom is 0.243 e. The Labute approximate surface area is 178 Å². The lowest BCUT2D eigenvalue weighted by atomic mass is 10.1. The molecule has 29 heavy (non-hydrogen) atoms. The van der Waals surface area contributed by atoms with Gasteiger partial charge in [-0.3, -0.25) is 14.5 Å². The summed E-state index contributed by atoms with van der Waals surface area (Å²) in [6.45, 7) is 4.39. The van der Waals surface area contributed by atoms with E-state index in [0.717, 1.165) is 29.3 Å². The molecule has 0 spiro atoms. The van der Waals surface area contributed by atoms with Crippen molar-refractivity contribution in [3.05, 3.63) is 46.2 Å². The van der Waals surface area contributed by atoms with Gasteiger partial charge in [0.05, 0.1) is 4.88 Å². The highest BCUT2D eigenvalue weighted by Crippen LogP contribution is 2.25. The number of piperidine rings is 1. The summed E-state index contributed by atoms with van der Waals surface area (Å²) < 4.78 is 2.19. The van der Waals surface area contributed by atoms with Crippen LogP contribution in [0.2, 0.25) is 0 Å². The highest BCUT2D eigenvalue weighted by molar-refractivity contribution is 7.71. The van der Waals surface area contributed by atoms with Crippen LogP contribution in [0.3, 0.4) is 0 Å². The molecule has 3 aromatic rings. The maximum absolute atomic E-state index is 12.8. The highest BCUT2D eigenvalue weighted by atomic mass is 32.1. The quantitative estimate of drug-likeness (QED) is 0.582. The molecule has 1 fully saturated rings. The number of hydrogen-bond donors (Lipinski definition) is 2. The molecule has 1 atom stereocenters. The molecule has 1 saturated heterocycles. The molecule has 0 aromatic carbocycles. The predicted molar refractivity (Wildman–Crippen MR) is 118 cm³/mol. The molecule has 2 N–H and O–H groups in total. The van der Waals surface area contributed by atoms with Crippen LogP contribution in [0.4, 0.5) is 5.82 Å². The van der Waals surface area contributed by atoms with E-state index < -0.39 is 6.04 Å². The molecule has 4 heterocycles. The van der Waals surface area contributed by atoms with Gasteiger partial charge < -0.3 is 10.2 Å². The Bertz CT molecular complexity index is 1000. The summed E-state index contributed by atoms with van der Waals surface area (Å²) in [4.78, 5) is 20.6. The summed E-state index contributed by atoms with van der Waals surface area (Å²) >= 11 is 6.91. The molecule has 0 radical (unpaired) electrons. The third-order valence-corrected chi connectivity index (χ3v) is 6.32. The lowest BCUT2D eigenvalue weighted by molar-refractivity contribution is -0.124. The van der Waals surface area contributed by atoms with Crippen LogP contribution in [-0.4, -0.2) is 38.7 Å². The van der Waals surface area contributed by atoms with Crippen molar-refractivity contribution < 1.29 is 4.79 Å². The molecule has 9 heteroatoms. The van der Waals surface area contributed by atoms with Crippen molar-refractivity contribution in [2.45, 2.75) is 38.8 Å². The van der Waals surface area contributed by atoms with Crippen molar-refractivity contribution >= 4 is 35.3 Å². The minimum absolute atomic E-state index is 0.111. The number of H-pyrrole nitrogens is 1. The van der Waals surface area contributed by atoms with Crippen molar-refractivity contribution in [2.75, 3.05) is 18.0 Å². The monoisotopic (exact) mass is 428 g/mol.